The van der Waals surface area contributed by atoms with Crippen LogP contribution in [0.5, 0.6) is 11.5 Å². The molecule has 3 aromatic rings. The molecule has 0 atom stereocenters. The van der Waals surface area contributed by atoms with E-state index in [1.54, 1.807) is 34.9 Å². The third-order valence-corrected chi connectivity index (χ3v) is 5.49. The van der Waals surface area contributed by atoms with Gasteiger partial charge in [-0.25, -0.2) is 4.79 Å². The maximum atomic E-state index is 12.8. The topological polar surface area (TPSA) is 105 Å². The molecule has 0 aliphatic rings. The number of esters is 2. The van der Waals surface area contributed by atoms with Gasteiger partial charge in [0.1, 0.15) is 6.54 Å². The Bertz CT molecular complexity index is 1230. The van der Waals surface area contributed by atoms with Crippen molar-refractivity contribution >= 4 is 39.4 Å². The number of ether oxygens (including phenoxy) is 4. The van der Waals surface area contributed by atoms with Crippen LogP contribution in [0.3, 0.4) is 0 Å². The van der Waals surface area contributed by atoms with Crippen molar-refractivity contribution in [3.63, 3.8) is 0 Å². The average Bonchev–Trinajstić information content (AvgIpc) is 3.13. The Morgan fingerprint density at radius 2 is 1.61 bits per heavy atom. The van der Waals surface area contributed by atoms with Crippen molar-refractivity contribution in [2.45, 2.75) is 6.54 Å². The summed E-state index contributed by atoms with van der Waals surface area (Å²) in [6.07, 6.45) is 0. The fourth-order valence-corrected chi connectivity index (χ4v) is 3.94. The average molecular weight is 444 g/mol. The number of rotatable bonds is 6. The molecule has 0 radical (unpaired) electrons. The number of methoxy groups -OCH3 is 4. The van der Waals surface area contributed by atoms with Crippen molar-refractivity contribution in [3.05, 3.63) is 52.3 Å². The second-order valence-corrected chi connectivity index (χ2v) is 7.22. The molecular formula is C21H20N2O7S. The van der Waals surface area contributed by atoms with E-state index < -0.39 is 17.8 Å². The van der Waals surface area contributed by atoms with E-state index >= 15 is 0 Å². The number of aromatic nitrogens is 1. The van der Waals surface area contributed by atoms with Crippen LogP contribution in [0.1, 0.15) is 20.7 Å². The van der Waals surface area contributed by atoms with Crippen molar-refractivity contribution < 1.29 is 33.3 Å². The number of fused-ring (bicyclic) bond motifs is 1. The minimum Gasteiger partial charge on any atom is -0.493 e. The molecule has 9 nitrogen and oxygen atoms in total. The number of hydrogen-bond acceptors (Lipinski definition) is 8. The maximum Gasteiger partial charge on any atom is 0.337 e. The van der Waals surface area contributed by atoms with E-state index in [4.69, 9.17) is 18.9 Å². The summed E-state index contributed by atoms with van der Waals surface area (Å²) in [4.78, 5) is 41.1. The number of amides is 1. The van der Waals surface area contributed by atoms with E-state index in [2.05, 4.69) is 4.99 Å². The lowest BCUT2D eigenvalue weighted by Gasteiger charge is -2.08. The third kappa shape index (κ3) is 4.58. The van der Waals surface area contributed by atoms with Crippen LogP contribution in [0, 0.1) is 0 Å². The molecule has 0 bridgehead atoms. The molecular weight excluding hydrogens is 424 g/mol. The van der Waals surface area contributed by atoms with Crippen LogP contribution in [0.25, 0.3) is 10.2 Å². The smallest absolute Gasteiger partial charge is 0.337 e. The van der Waals surface area contributed by atoms with Gasteiger partial charge >= 0.3 is 11.9 Å². The SMILES string of the molecule is COC(=O)Cn1c(=NC(=O)c2ccc(OC)c(OC)c2)sc2cc(C(=O)OC)ccc21. The fourth-order valence-electron chi connectivity index (χ4n) is 2.87. The third-order valence-electron chi connectivity index (χ3n) is 4.45. The summed E-state index contributed by atoms with van der Waals surface area (Å²) in [6, 6.07) is 9.57. The lowest BCUT2D eigenvalue weighted by molar-refractivity contribution is -0.141. The lowest BCUT2D eigenvalue weighted by Crippen LogP contribution is -2.22. The monoisotopic (exact) mass is 444 g/mol. The Morgan fingerprint density at radius 1 is 0.903 bits per heavy atom. The first kappa shape index (κ1) is 22.0. The molecule has 3 rings (SSSR count). The highest BCUT2D eigenvalue weighted by molar-refractivity contribution is 7.16. The van der Waals surface area contributed by atoms with E-state index in [9.17, 15) is 14.4 Å². The Balaban J connectivity index is 2.13. The van der Waals surface area contributed by atoms with Gasteiger partial charge < -0.3 is 23.5 Å². The first-order valence-corrected chi connectivity index (χ1v) is 9.83. The standard InChI is InChI=1S/C21H20N2O7S/c1-27-15-8-6-12(9-16(15)28-2)19(25)22-21-23(11-18(24)29-3)14-7-5-13(20(26)30-4)10-17(14)31-21/h5-10H,11H2,1-4H3. The molecule has 162 valence electrons. The Kier molecular flexibility index (Phi) is 6.71. The maximum absolute atomic E-state index is 12.8. The molecule has 0 aliphatic heterocycles. The summed E-state index contributed by atoms with van der Waals surface area (Å²) in [7, 11) is 5.54. The first-order valence-electron chi connectivity index (χ1n) is 9.01. The van der Waals surface area contributed by atoms with Crippen LogP contribution in [0.4, 0.5) is 0 Å². The molecule has 0 saturated heterocycles. The van der Waals surface area contributed by atoms with Gasteiger partial charge in [0.15, 0.2) is 16.3 Å². The van der Waals surface area contributed by atoms with Gasteiger partial charge in [0, 0.05) is 5.56 Å². The van der Waals surface area contributed by atoms with Crippen LogP contribution >= 0.6 is 11.3 Å². The molecule has 0 saturated carbocycles. The zero-order valence-corrected chi connectivity index (χ0v) is 18.1. The van der Waals surface area contributed by atoms with Crippen molar-refractivity contribution in [2.75, 3.05) is 28.4 Å². The van der Waals surface area contributed by atoms with Crippen molar-refractivity contribution in [2.24, 2.45) is 4.99 Å². The molecule has 0 unspecified atom stereocenters. The van der Waals surface area contributed by atoms with Gasteiger partial charge in [0.2, 0.25) is 0 Å². The van der Waals surface area contributed by atoms with E-state index in [-0.39, 0.29) is 16.9 Å². The highest BCUT2D eigenvalue weighted by Gasteiger charge is 2.16. The second kappa shape index (κ2) is 9.43. The largest absolute Gasteiger partial charge is 0.493 e. The number of thiazole rings is 1. The number of benzene rings is 2. The van der Waals surface area contributed by atoms with Gasteiger partial charge in [-0.1, -0.05) is 11.3 Å². The first-order chi connectivity index (χ1) is 14.9. The molecule has 1 heterocycles. The summed E-state index contributed by atoms with van der Waals surface area (Å²) in [5.41, 5.74) is 1.26. The van der Waals surface area contributed by atoms with Crippen LogP contribution in [0.15, 0.2) is 41.4 Å². The van der Waals surface area contributed by atoms with Crippen LogP contribution in [-0.4, -0.2) is 50.9 Å². The van der Waals surface area contributed by atoms with Gasteiger partial charge in [0.25, 0.3) is 5.91 Å². The number of nitrogens with zero attached hydrogens (tertiary/aromatic N) is 2. The summed E-state index contributed by atoms with van der Waals surface area (Å²) in [5.74, 6) is -0.646. The van der Waals surface area contributed by atoms with E-state index in [1.807, 2.05) is 0 Å². The summed E-state index contributed by atoms with van der Waals surface area (Å²) in [6.45, 7) is -0.147. The highest BCUT2D eigenvalue weighted by atomic mass is 32.1. The summed E-state index contributed by atoms with van der Waals surface area (Å²) in [5, 5.41) is 0. The molecule has 0 fully saturated rings. The van der Waals surface area contributed by atoms with Crippen molar-refractivity contribution in [3.8, 4) is 11.5 Å². The van der Waals surface area contributed by atoms with E-state index in [0.29, 0.717) is 27.3 Å². The quantitative estimate of drug-likeness (QED) is 0.538. The zero-order valence-electron chi connectivity index (χ0n) is 17.3. The van der Waals surface area contributed by atoms with Crippen LogP contribution in [0.2, 0.25) is 0 Å². The van der Waals surface area contributed by atoms with Crippen LogP contribution in [-0.2, 0) is 20.8 Å². The van der Waals surface area contributed by atoms with Crippen molar-refractivity contribution in [1.82, 2.24) is 4.57 Å². The molecule has 0 spiro atoms. The second-order valence-electron chi connectivity index (χ2n) is 6.21. The van der Waals surface area contributed by atoms with Crippen LogP contribution < -0.4 is 14.3 Å². The molecule has 1 amide bonds. The Labute approximate surface area is 181 Å². The highest BCUT2D eigenvalue weighted by Crippen LogP contribution is 2.28. The van der Waals surface area contributed by atoms with Gasteiger partial charge in [-0.3, -0.25) is 9.59 Å². The van der Waals surface area contributed by atoms with Gasteiger partial charge in [-0.15, -0.1) is 0 Å². The molecule has 1 aromatic heterocycles. The summed E-state index contributed by atoms with van der Waals surface area (Å²) < 4.78 is 22.2. The summed E-state index contributed by atoms with van der Waals surface area (Å²) >= 11 is 1.16. The Morgan fingerprint density at radius 3 is 2.26 bits per heavy atom. The normalized spacial score (nSPS) is 11.3. The number of carbonyl (C=O) groups excluding carboxylic acids is 3. The van der Waals surface area contributed by atoms with Gasteiger partial charge in [-0.2, -0.15) is 4.99 Å². The molecule has 31 heavy (non-hydrogen) atoms. The van der Waals surface area contributed by atoms with E-state index in [0.717, 1.165) is 11.3 Å². The number of hydrogen-bond donors (Lipinski definition) is 0. The molecule has 2 aromatic carbocycles. The predicted molar refractivity (Wildman–Crippen MR) is 113 cm³/mol. The molecule has 0 aliphatic carbocycles. The van der Waals surface area contributed by atoms with Crippen molar-refractivity contribution in [1.29, 1.82) is 0 Å². The predicted octanol–water partition coefficient (Wildman–Crippen LogP) is 2.42. The molecule has 10 heteroatoms. The zero-order chi connectivity index (χ0) is 22.5. The minimum absolute atomic E-state index is 0.147. The van der Waals surface area contributed by atoms with Gasteiger partial charge in [-0.05, 0) is 36.4 Å². The molecule has 0 N–H and O–H groups in total. The minimum atomic E-state index is -0.528. The fraction of sp³-hybridized carbons (Fsp3) is 0.238. The van der Waals surface area contributed by atoms with Gasteiger partial charge in [0.05, 0.1) is 44.2 Å². The Hall–Kier alpha value is -3.66. The van der Waals surface area contributed by atoms with E-state index in [1.165, 1.54) is 34.5 Å². The lowest BCUT2D eigenvalue weighted by atomic mass is 10.2. The number of carbonyl (C=O) groups is 3.